The third-order valence-corrected chi connectivity index (χ3v) is 5.32. The van der Waals surface area contributed by atoms with Crippen molar-refractivity contribution in [3.05, 3.63) is 53.1 Å². The van der Waals surface area contributed by atoms with Crippen LogP contribution in [0.2, 0.25) is 5.02 Å². The van der Waals surface area contributed by atoms with Gasteiger partial charge in [-0.3, -0.25) is 9.59 Å². The van der Waals surface area contributed by atoms with E-state index in [-0.39, 0.29) is 11.8 Å². The first-order chi connectivity index (χ1) is 12.6. The molecule has 2 amide bonds. The first-order valence-corrected chi connectivity index (χ1v) is 9.21. The summed E-state index contributed by atoms with van der Waals surface area (Å²) in [5.74, 6) is -0.0994. The smallest absolute Gasteiger partial charge is 0.256 e. The minimum Gasteiger partial charge on any atom is -0.324 e. The van der Waals surface area contributed by atoms with Gasteiger partial charge >= 0.3 is 0 Å². The molecule has 0 spiro atoms. The minimum atomic E-state index is -0.442. The molecule has 2 aliphatic heterocycles. The summed E-state index contributed by atoms with van der Waals surface area (Å²) >= 11 is 5.98. The lowest BCUT2D eigenvalue weighted by Gasteiger charge is -2.34. The Morgan fingerprint density at radius 1 is 1.12 bits per heavy atom. The number of hydrogen-bond acceptors (Lipinski definition) is 3. The largest absolute Gasteiger partial charge is 0.324 e. The second-order valence-corrected chi connectivity index (χ2v) is 6.98. The van der Waals surface area contributed by atoms with Gasteiger partial charge in [0.05, 0.1) is 11.3 Å². The Kier molecular flexibility index (Phi) is 4.42. The van der Waals surface area contributed by atoms with Crippen molar-refractivity contribution in [2.75, 3.05) is 31.1 Å². The highest BCUT2D eigenvalue weighted by molar-refractivity contribution is 6.30. The predicted molar refractivity (Wildman–Crippen MR) is 103 cm³/mol. The Labute approximate surface area is 157 Å². The fourth-order valence-corrected chi connectivity index (χ4v) is 3.84. The number of nitrogens with zero attached hydrogens (tertiary/aromatic N) is 2. The number of halogens is 1. The van der Waals surface area contributed by atoms with Crippen molar-refractivity contribution in [1.82, 2.24) is 10.2 Å². The average Bonchev–Trinajstić information content (AvgIpc) is 2.76. The van der Waals surface area contributed by atoms with Crippen LogP contribution in [0.3, 0.4) is 0 Å². The maximum Gasteiger partial charge on any atom is 0.256 e. The second kappa shape index (κ2) is 6.74. The Bertz CT molecular complexity index is 866. The summed E-state index contributed by atoms with van der Waals surface area (Å²) in [6.07, 6.45) is 0. The predicted octanol–water partition coefficient (Wildman–Crippen LogP) is 2.79. The fourth-order valence-electron chi connectivity index (χ4n) is 3.71. The van der Waals surface area contributed by atoms with Crippen LogP contribution in [-0.4, -0.2) is 48.9 Å². The zero-order valence-corrected chi connectivity index (χ0v) is 15.3. The number of hydrogen-bond donors (Lipinski definition) is 1. The van der Waals surface area contributed by atoms with Crippen LogP contribution >= 0.6 is 11.6 Å². The molecule has 5 nitrogen and oxygen atoms in total. The Balaban J connectivity index is 1.83. The summed E-state index contributed by atoms with van der Waals surface area (Å²) in [7, 11) is 0. The molecule has 0 aliphatic carbocycles. The van der Waals surface area contributed by atoms with Crippen LogP contribution < -0.4 is 10.2 Å². The number of carbonyl (C=O) groups is 2. The number of piperazine rings is 1. The standard InChI is InChI=1S/C20H20ClN3O2/c1-2-23-17-8-5-14(13-3-6-15(21)7-4-13)11-16(17)19(25)24-10-9-22-12-18(24)20(23)26/h3-8,11,18,22H,2,9-10,12H2,1H3. The topological polar surface area (TPSA) is 52.7 Å². The molecule has 2 aliphatic rings. The summed E-state index contributed by atoms with van der Waals surface area (Å²) in [6, 6.07) is 12.8. The van der Waals surface area contributed by atoms with E-state index in [4.69, 9.17) is 11.6 Å². The van der Waals surface area contributed by atoms with Gasteiger partial charge in [0, 0.05) is 31.2 Å². The van der Waals surface area contributed by atoms with E-state index in [9.17, 15) is 9.59 Å². The molecule has 0 bridgehead atoms. The lowest BCUT2D eigenvalue weighted by atomic mass is 10.0. The van der Waals surface area contributed by atoms with E-state index >= 15 is 0 Å². The van der Waals surface area contributed by atoms with Crippen LogP contribution in [0.15, 0.2) is 42.5 Å². The van der Waals surface area contributed by atoms with E-state index in [1.807, 2.05) is 49.4 Å². The highest BCUT2D eigenvalue weighted by Gasteiger charge is 2.40. The number of likely N-dealkylation sites (N-methyl/N-ethyl adjacent to an activating group) is 1. The number of anilines is 1. The molecule has 134 valence electrons. The third-order valence-electron chi connectivity index (χ3n) is 5.07. The fraction of sp³-hybridized carbons (Fsp3) is 0.300. The van der Waals surface area contributed by atoms with Crippen LogP contribution in [0.5, 0.6) is 0 Å². The van der Waals surface area contributed by atoms with Crippen molar-refractivity contribution in [1.29, 1.82) is 0 Å². The first-order valence-electron chi connectivity index (χ1n) is 8.83. The average molecular weight is 370 g/mol. The number of amides is 2. The summed E-state index contributed by atoms with van der Waals surface area (Å²) in [4.78, 5) is 29.6. The molecule has 2 heterocycles. The van der Waals surface area contributed by atoms with Crippen molar-refractivity contribution in [2.45, 2.75) is 13.0 Å². The van der Waals surface area contributed by atoms with Crippen LogP contribution in [0, 0.1) is 0 Å². The maximum atomic E-state index is 13.2. The van der Waals surface area contributed by atoms with Crippen LogP contribution in [0.1, 0.15) is 17.3 Å². The number of fused-ring (bicyclic) bond motifs is 2. The normalized spacial score (nSPS) is 19.8. The summed E-state index contributed by atoms with van der Waals surface area (Å²) < 4.78 is 0. The highest BCUT2D eigenvalue weighted by atomic mass is 35.5. The lowest BCUT2D eigenvalue weighted by Crippen LogP contribution is -2.58. The van der Waals surface area contributed by atoms with Gasteiger partial charge in [-0.25, -0.2) is 0 Å². The SMILES string of the molecule is CCN1C(=O)C2CNCCN2C(=O)c2cc(-c3ccc(Cl)cc3)ccc21. The van der Waals surface area contributed by atoms with Gasteiger partial charge in [-0.05, 0) is 42.3 Å². The molecule has 1 unspecified atom stereocenters. The van der Waals surface area contributed by atoms with Gasteiger partial charge in [0.2, 0.25) is 0 Å². The van der Waals surface area contributed by atoms with Crippen molar-refractivity contribution in [3.63, 3.8) is 0 Å². The Morgan fingerprint density at radius 2 is 1.85 bits per heavy atom. The summed E-state index contributed by atoms with van der Waals surface area (Å²) in [6.45, 7) is 4.21. The molecular weight excluding hydrogens is 350 g/mol. The molecule has 1 saturated heterocycles. The molecule has 1 N–H and O–H groups in total. The molecule has 4 rings (SSSR count). The third kappa shape index (κ3) is 2.77. The molecule has 6 heteroatoms. The molecular formula is C20H20ClN3O2. The molecule has 1 fully saturated rings. The van der Waals surface area contributed by atoms with E-state index in [1.165, 1.54) is 0 Å². The van der Waals surface area contributed by atoms with Crippen molar-refractivity contribution >= 4 is 29.1 Å². The quantitative estimate of drug-likeness (QED) is 0.885. The van der Waals surface area contributed by atoms with E-state index in [0.29, 0.717) is 42.5 Å². The Morgan fingerprint density at radius 3 is 2.58 bits per heavy atom. The molecule has 0 aromatic heterocycles. The van der Waals surface area contributed by atoms with E-state index in [0.717, 1.165) is 11.1 Å². The van der Waals surface area contributed by atoms with E-state index in [2.05, 4.69) is 5.32 Å². The van der Waals surface area contributed by atoms with Crippen LogP contribution in [-0.2, 0) is 4.79 Å². The lowest BCUT2D eigenvalue weighted by molar-refractivity contribution is -0.123. The maximum absolute atomic E-state index is 13.2. The van der Waals surface area contributed by atoms with Crippen LogP contribution in [0.4, 0.5) is 5.69 Å². The molecule has 2 aromatic carbocycles. The molecule has 0 saturated carbocycles. The van der Waals surface area contributed by atoms with Gasteiger partial charge in [-0.15, -0.1) is 0 Å². The van der Waals surface area contributed by atoms with Crippen LogP contribution in [0.25, 0.3) is 11.1 Å². The molecule has 26 heavy (non-hydrogen) atoms. The first kappa shape index (κ1) is 17.1. The van der Waals surface area contributed by atoms with Crippen molar-refractivity contribution in [3.8, 4) is 11.1 Å². The summed E-state index contributed by atoms with van der Waals surface area (Å²) in [5.41, 5.74) is 3.19. The van der Waals surface area contributed by atoms with Gasteiger partial charge in [0.1, 0.15) is 6.04 Å². The van der Waals surface area contributed by atoms with Gasteiger partial charge in [0.15, 0.2) is 0 Å². The van der Waals surface area contributed by atoms with Gasteiger partial charge in [-0.2, -0.15) is 0 Å². The zero-order chi connectivity index (χ0) is 18.3. The second-order valence-electron chi connectivity index (χ2n) is 6.54. The number of nitrogens with one attached hydrogen (secondary N) is 1. The van der Waals surface area contributed by atoms with Crippen molar-refractivity contribution < 1.29 is 9.59 Å². The zero-order valence-electron chi connectivity index (χ0n) is 14.5. The van der Waals surface area contributed by atoms with Gasteiger partial charge < -0.3 is 15.1 Å². The number of rotatable bonds is 2. The number of benzene rings is 2. The Hall–Kier alpha value is -2.37. The molecule has 2 aromatic rings. The molecule has 1 atom stereocenters. The van der Waals surface area contributed by atoms with Gasteiger partial charge in [0.25, 0.3) is 11.8 Å². The minimum absolute atomic E-state index is 0.0222. The highest BCUT2D eigenvalue weighted by Crippen LogP contribution is 2.33. The van der Waals surface area contributed by atoms with E-state index < -0.39 is 6.04 Å². The van der Waals surface area contributed by atoms with Gasteiger partial charge in [-0.1, -0.05) is 29.8 Å². The summed E-state index contributed by atoms with van der Waals surface area (Å²) in [5, 5.41) is 3.89. The van der Waals surface area contributed by atoms with E-state index in [1.54, 1.807) is 9.80 Å². The monoisotopic (exact) mass is 369 g/mol. The van der Waals surface area contributed by atoms with Crippen molar-refractivity contribution in [2.24, 2.45) is 0 Å². The number of carbonyl (C=O) groups excluding carboxylic acids is 2. The molecule has 0 radical (unpaired) electrons.